The van der Waals surface area contributed by atoms with Crippen molar-refractivity contribution < 1.29 is 101 Å². The van der Waals surface area contributed by atoms with E-state index in [9.17, 15) is 96.2 Å². The molecule has 7 rings (SSSR count). The molecule has 3 aliphatic heterocycles. The van der Waals surface area contributed by atoms with Crippen LogP contribution in [0.2, 0.25) is 0 Å². The zero-order chi connectivity index (χ0) is 94.7. The molecule has 0 bridgehead atoms. The predicted molar refractivity (Wildman–Crippen MR) is 465 cm³/mol. The van der Waals surface area contributed by atoms with Gasteiger partial charge in [-0.15, -0.1) is 0 Å². The number of likely N-dealkylation sites (tertiary alicyclic amines) is 1. The van der Waals surface area contributed by atoms with E-state index >= 15 is 0 Å². The van der Waals surface area contributed by atoms with E-state index in [1.165, 1.54) is 129 Å². The van der Waals surface area contributed by atoms with Crippen molar-refractivity contribution in [3.8, 4) is 11.4 Å². The summed E-state index contributed by atoms with van der Waals surface area (Å²) in [6.07, 6.45) is 2.93. The molecule has 41 heteroatoms. The third-order valence-corrected chi connectivity index (χ3v) is 23.7. The van der Waals surface area contributed by atoms with Gasteiger partial charge in [-0.3, -0.25) is 86.4 Å². The Labute approximate surface area is 742 Å². The lowest BCUT2D eigenvalue weighted by Gasteiger charge is -2.31. The van der Waals surface area contributed by atoms with Crippen LogP contribution in [0.1, 0.15) is 120 Å². The SMILES string of the molecule is CC[C@@]1(O)C(=O)OCc2c1cc1n(c2=O)Cc2c-1nc1ccccc1c2CCN(C(=O)OCc1ccc(NC(=O)[C@H](C)NC(=O)[C@@H](NC(=O)CCCCCN2C(=O)CC(SC)C2=O)C(C)C)cc1CN(C)C(=O)CN(C)C(=O)CN(C)C(=O)CN(C)C(=O)CN(C)C(=O)CN(C)C(=O)CN(C)C(=O)CN(C)C(=O)CN(C)C(=O)CN(C)C(=O)CN(C)C(C)=O)C(C)C. The topological polar surface area (TPSA) is 459 Å². The van der Waals surface area contributed by atoms with E-state index in [0.717, 1.165) is 55.0 Å². The Morgan fingerprint density at radius 1 is 0.591 bits per heavy atom. The summed E-state index contributed by atoms with van der Waals surface area (Å²) >= 11 is 1.33. The summed E-state index contributed by atoms with van der Waals surface area (Å²) in [6, 6.07) is 11.0. The number of unbranched alkanes of at least 4 members (excludes halogenated alkanes) is 2. The van der Waals surface area contributed by atoms with Crippen LogP contribution in [-0.4, -0.2) is 371 Å². The van der Waals surface area contributed by atoms with Gasteiger partial charge in [0.1, 0.15) is 25.3 Å². The minimum absolute atomic E-state index is 0.0458. The summed E-state index contributed by atoms with van der Waals surface area (Å²) in [5.74, 6) is -10.2. The largest absolute Gasteiger partial charge is 0.458 e. The van der Waals surface area contributed by atoms with Crippen LogP contribution in [0, 0.1) is 5.92 Å². The van der Waals surface area contributed by atoms with E-state index in [1.54, 1.807) is 49.8 Å². The molecule has 2 aromatic carbocycles. The minimum Gasteiger partial charge on any atom is -0.458 e. The van der Waals surface area contributed by atoms with Gasteiger partial charge in [-0.25, -0.2) is 14.6 Å². The smallest absolute Gasteiger partial charge is 0.410 e. The van der Waals surface area contributed by atoms with Crippen LogP contribution in [0.3, 0.4) is 0 Å². The summed E-state index contributed by atoms with van der Waals surface area (Å²) in [7, 11) is 14.7. The molecule has 0 saturated carbocycles. The van der Waals surface area contributed by atoms with E-state index in [2.05, 4.69) is 16.0 Å². The Hall–Kier alpha value is -12.4. The highest BCUT2D eigenvalue weighted by atomic mass is 32.2. The monoisotopic (exact) mass is 1790 g/mol. The van der Waals surface area contributed by atoms with Crippen LogP contribution >= 0.6 is 11.8 Å². The number of likely N-dealkylation sites (N-methyl/N-ethyl adjacent to an activating group) is 11. The molecule has 1 saturated heterocycles. The van der Waals surface area contributed by atoms with Gasteiger partial charge in [0, 0.05) is 145 Å². The number of para-hydroxylation sites is 1. The fraction of sp³-hybridized carbons (Fsp3) is 0.558. The summed E-state index contributed by atoms with van der Waals surface area (Å²) < 4.78 is 12.9. The first-order valence-electron chi connectivity index (χ1n) is 41.6. The van der Waals surface area contributed by atoms with Gasteiger partial charge in [-0.05, 0) is 99.6 Å². The lowest BCUT2D eigenvalue weighted by atomic mass is 9.86. The Kier molecular flexibility index (Phi) is 36.1. The first kappa shape index (κ1) is 102. The third-order valence-electron chi connectivity index (χ3n) is 22.7. The molecule has 40 nitrogen and oxygen atoms in total. The van der Waals surface area contributed by atoms with Crippen molar-refractivity contribution in [1.82, 2.24) is 83.9 Å². The van der Waals surface area contributed by atoms with Gasteiger partial charge < -0.3 is 93.9 Å². The molecule has 5 heterocycles. The highest BCUT2D eigenvalue weighted by molar-refractivity contribution is 8.00. The number of fused-ring (bicyclic) bond motifs is 5. The molecule has 0 radical (unpaired) electrons. The van der Waals surface area contributed by atoms with Crippen molar-refractivity contribution in [2.24, 2.45) is 5.92 Å². The summed E-state index contributed by atoms with van der Waals surface area (Å²) in [4.78, 5) is 272. The molecule has 0 aliphatic carbocycles. The Morgan fingerprint density at radius 3 is 1.53 bits per heavy atom. The molecule has 17 amide bonds. The summed E-state index contributed by atoms with van der Waals surface area (Å²) in [6.45, 7) is 6.21. The van der Waals surface area contributed by atoms with Crippen LogP contribution in [0.15, 0.2) is 53.3 Å². The summed E-state index contributed by atoms with van der Waals surface area (Å²) in [5, 5.41) is 20.2. The van der Waals surface area contributed by atoms with Gasteiger partial charge in [-0.2, -0.15) is 11.8 Å². The number of hydrogen-bond acceptors (Lipinski definition) is 24. The lowest BCUT2D eigenvalue weighted by molar-refractivity contribution is -0.172. The number of carbonyl (C=O) groups is 18. The molecule has 1 unspecified atom stereocenters. The number of nitrogens with zero attached hydrogens (tertiary/aromatic N) is 15. The second-order valence-corrected chi connectivity index (χ2v) is 34.2. The second-order valence-electron chi connectivity index (χ2n) is 33.1. The second kappa shape index (κ2) is 45.1. The molecule has 127 heavy (non-hydrogen) atoms. The van der Waals surface area contributed by atoms with Gasteiger partial charge in [0.2, 0.25) is 94.5 Å². The number of aromatic nitrogens is 2. The average Bonchev–Trinajstić information content (AvgIpc) is 1.60. The van der Waals surface area contributed by atoms with E-state index in [4.69, 9.17) is 14.5 Å². The lowest BCUT2D eigenvalue weighted by Crippen LogP contribution is -2.53. The molecule has 4 aromatic rings. The minimum atomic E-state index is -2.05. The van der Waals surface area contributed by atoms with Gasteiger partial charge in [0.05, 0.1) is 99.7 Å². The molecule has 3 aliphatic rings. The first-order valence-corrected chi connectivity index (χ1v) is 42.9. The van der Waals surface area contributed by atoms with Gasteiger partial charge in [0.25, 0.3) is 5.56 Å². The van der Waals surface area contributed by atoms with Gasteiger partial charge in [-0.1, -0.05) is 51.5 Å². The van der Waals surface area contributed by atoms with Gasteiger partial charge >= 0.3 is 12.1 Å². The number of pyridine rings is 2. The number of nitrogens with one attached hydrogen (secondary N) is 3. The van der Waals surface area contributed by atoms with Crippen molar-refractivity contribution in [2.75, 3.05) is 168 Å². The molecule has 1 fully saturated rings. The number of anilines is 1. The van der Waals surface area contributed by atoms with Crippen molar-refractivity contribution in [2.45, 2.75) is 149 Å². The number of rotatable bonds is 42. The van der Waals surface area contributed by atoms with Crippen molar-refractivity contribution in [3.63, 3.8) is 0 Å². The number of amides is 17. The number of benzene rings is 2. The predicted octanol–water partition coefficient (Wildman–Crippen LogP) is -0.134. The van der Waals surface area contributed by atoms with E-state index < -0.39 is 182 Å². The average molecular weight is 1790 g/mol. The number of thioether (sulfide) groups is 1. The molecular formula is C86H120N18O22S. The van der Waals surface area contributed by atoms with E-state index in [1.807, 2.05) is 38.1 Å². The van der Waals surface area contributed by atoms with E-state index in [-0.39, 0.29) is 113 Å². The number of imide groups is 1. The van der Waals surface area contributed by atoms with Crippen LogP contribution in [0.5, 0.6) is 0 Å². The molecule has 4 atom stereocenters. The number of carbonyl (C=O) groups excluding carboxylic acids is 18. The van der Waals surface area contributed by atoms with Gasteiger partial charge in [0.15, 0.2) is 5.60 Å². The molecule has 2 aromatic heterocycles. The highest BCUT2D eigenvalue weighted by Gasteiger charge is 2.46. The Balaban J connectivity index is 0.956. The maximum atomic E-state index is 14.6. The number of aliphatic hydroxyl groups is 1. The van der Waals surface area contributed by atoms with Crippen LogP contribution in [0.4, 0.5) is 10.5 Å². The maximum absolute atomic E-state index is 14.6. The number of ether oxygens (including phenoxy) is 2. The normalized spacial score (nSPS) is 14.7. The fourth-order valence-electron chi connectivity index (χ4n) is 14.1. The molecule has 692 valence electrons. The van der Waals surface area contributed by atoms with Crippen LogP contribution in [0.25, 0.3) is 22.3 Å². The van der Waals surface area contributed by atoms with E-state index in [0.29, 0.717) is 52.9 Å². The van der Waals surface area contributed by atoms with Crippen LogP contribution in [-0.2, 0) is 129 Å². The fourth-order valence-corrected chi connectivity index (χ4v) is 14.7. The van der Waals surface area contributed by atoms with Crippen molar-refractivity contribution in [1.29, 1.82) is 0 Å². The zero-order valence-electron chi connectivity index (χ0n) is 75.9. The first-order chi connectivity index (χ1) is 59.6. The van der Waals surface area contributed by atoms with Crippen LogP contribution < -0.4 is 21.5 Å². The zero-order valence-corrected chi connectivity index (χ0v) is 76.7. The Morgan fingerprint density at radius 2 is 1.07 bits per heavy atom. The third kappa shape index (κ3) is 26.4. The number of hydrogen-bond donors (Lipinski definition) is 4. The molecule has 4 N–H and O–H groups in total. The molecule has 0 spiro atoms. The standard InChI is InChI=1S/C86H120N18O22S/c1-20-86(124)62-35-64-79-60(38-104(64)82(120)61(62)50-125-84(86)122)58(59-26-23-24-27-63(59)89-79)31-33-102(52(4)5)85(123)126-49-55-29-30-57(88-80(118)53(6)87-81(119)78(51(2)3)90-66(106)28-22-21-25-32-103-67(107)36-65(127-19)83(103)121)34-56(55)37-92(9)69(109)40-94(11)71(111)42-96(13)73(113)44-98(15)75(115)46-100(17)77(117)48-101(18)76(116)47-99(16)74(114)45-97(14)72(112)43-95(12)70(110)41-93(10)68(108)39-91(8)54(7)105/h23-24,26-27,29-30,34-35,51-53,65,78,124H,20-22,25,28,31-33,36-50H2,1-19H3,(H,87,119)(H,88,118)(H,90,106)/t53-,65?,78-,86-/m0/s1. The molecular weight excluding hydrogens is 1670 g/mol. The summed E-state index contributed by atoms with van der Waals surface area (Å²) in [5.41, 5.74) is 1.75. The van der Waals surface area contributed by atoms with Crippen molar-refractivity contribution >= 4 is 135 Å². The van der Waals surface area contributed by atoms with Crippen molar-refractivity contribution in [3.05, 3.63) is 92.3 Å². The quantitative estimate of drug-likeness (QED) is 0.0224. The number of esters is 1. The number of cyclic esters (lactones) is 1. The Bertz CT molecular complexity index is 4960. The highest BCUT2D eigenvalue weighted by Crippen LogP contribution is 2.41. The maximum Gasteiger partial charge on any atom is 0.410 e.